The second-order valence-corrected chi connectivity index (χ2v) is 4.40. The first-order valence-electron chi connectivity index (χ1n) is 6.55. The van der Waals surface area contributed by atoms with E-state index in [2.05, 4.69) is 25.3 Å². The number of amides is 1. The van der Waals surface area contributed by atoms with Crippen LogP contribution < -0.4 is 11.1 Å². The van der Waals surface area contributed by atoms with Crippen molar-refractivity contribution < 1.29 is 4.79 Å². The van der Waals surface area contributed by atoms with Gasteiger partial charge >= 0.3 is 0 Å². The van der Waals surface area contributed by atoms with Gasteiger partial charge in [0.1, 0.15) is 17.2 Å². The Hall–Kier alpha value is -3.09. The lowest BCUT2D eigenvalue weighted by atomic mass is 10.2. The highest BCUT2D eigenvalue weighted by Gasteiger charge is 2.11. The molecule has 0 bridgehead atoms. The molecule has 2 aromatic rings. The number of carbonyl (C=O) groups excluding carboxylic acids is 1. The summed E-state index contributed by atoms with van der Waals surface area (Å²) in [4.78, 5) is 27.7. The molecule has 0 radical (unpaired) electrons. The molecule has 0 saturated carbocycles. The summed E-state index contributed by atoms with van der Waals surface area (Å²) in [7, 11) is 1.67. The molecular formula is C15H16N6O. The van der Waals surface area contributed by atoms with Crippen LogP contribution in [-0.4, -0.2) is 35.4 Å². The van der Waals surface area contributed by atoms with E-state index in [1.54, 1.807) is 26.4 Å². The average molecular weight is 296 g/mol. The molecule has 1 aromatic carbocycles. The second kappa shape index (κ2) is 7.07. The van der Waals surface area contributed by atoms with Gasteiger partial charge in [-0.05, 0) is 25.1 Å². The SMILES string of the molecule is C/N=C\C=N/c1cccc(Nc2nc(C)ncc2C(N)=O)c1. The number of hydrogen-bond donors (Lipinski definition) is 2. The summed E-state index contributed by atoms with van der Waals surface area (Å²) in [5, 5.41) is 3.07. The average Bonchev–Trinajstić information content (AvgIpc) is 2.48. The third-order valence-corrected chi connectivity index (χ3v) is 2.72. The third kappa shape index (κ3) is 3.95. The largest absolute Gasteiger partial charge is 0.365 e. The third-order valence-electron chi connectivity index (χ3n) is 2.72. The van der Waals surface area contributed by atoms with E-state index >= 15 is 0 Å². The lowest BCUT2D eigenvalue weighted by Gasteiger charge is -2.09. The summed E-state index contributed by atoms with van der Waals surface area (Å²) in [6, 6.07) is 7.36. The van der Waals surface area contributed by atoms with Crippen LogP contribution in [0.3, 0.4) is 0 Å². The van der Waals surface area contributed by atoms with Crippen LogP contribution in [0.5, 0.6) is 0 Å². The molecule has 0 atom stereocenters. The molecule has 1 heterocycles. The van der Waals surface area contributed by atoms with E-state index in [-0.39, 0.29) is 5.56 Å². The predicted octanol–water partition coefficient (Wildman–Crippen LogP) is 2.03. The van der Waals surface area contributed by atoms with Crippen LogP contribution in [0.4, 0.5) is 17.2 Å². The highest BCUT2D eigenvalue weighted by atomic mass is 16.1. The van der Waals surface area contributed by atoms with Gasteiger partial charge in [0.25, 0.3) is 5.91 Å². The van der Waals surface area contributed by atoms with Crippen LogP contribution in [0, 0.1) is 6.92 Å². The lowest BCUT2D eigenvalue weighted by Crippen LogP contribution is -2.15. The Morgan fingerprint density at radius 1 is 1.36 bits per heavy atom. The first kappa shape index (κ1) is 15.3. The van der Waals surface area contributed by atoms with E-state index in [0.29, 0.717) is 11.6 Å². The summed E-state index contributed by atoms with van der Waals surface area (Å²) < 4.78 is 0. The first-order valence-corrected chi connectivity index (χ1v) is 6.55. The molecule has 3 N–H and O–H groups in total. The van der Waals surface area contributed by atoms with Gasteiger partial charge in [0, 0.05) is 31.4 Å². The number of primary amides is 1. The van der Waals surface area contributed by atoms with Crippen molar-refractivity contribution >= 4 is 35.5 Å². The lowest BCUT2D eigenvalue weighted by molar-refractivity contribution is 0.100. The number of aryl methyl sites for hydroxylation is 1. The van der Waals surface area contributed by atoms with E-state index < -0.39 is 5.91 Å². The van der Waals surface area contributed by atoms with Crippen molar-refractivity contribution in [2.45, 2.75) is 6.92 Å². The summed E-state index contributed by atoms with van der Waals surface area (Å²) in [5.74, 6) is 0.327. The number of carbonyl (C=O) groups is 1. The minimum absolute atomic E-state index is 0.234. The van der Waals surface area contributed by atoms with E-state index in [9.17, 15) is 4.79 Å². The van der Waals surface area contributed by atoms with Crippen LogP contribution >= 0.6 is 0 Å². The highest BCUT2D eigenvalue weighted by Crippen LogP contribution is 2.22. The Morgan fingerprint density at radius 2 is 2.18 bits per heavy atom. The van der Waals surface area contributed by atoms with Crippen molar-refractivity contribution in [1.82, 2.24) is 9.97 Å². The first-order chi connectivity index (χ1) is 10.6. The Balaban J connectivity index is 2.29. The number of aliphatic imine (C=N–C) groups is 2. The molecule has 0 unspecified atom stereocenters. The monoisotopic (exact) mass is 296 g/mol. The van der Waals surface area contributed by atoms with E-state index in [1.807, 2.05) is 24.3 Å². The normalized spacial score (nSPS) is 11.2. The van der Waals surface area contributed by atoms with E-state index in [0.717, 1.165) is 11.4 Å². The summed E-state index contributed by atoms with van der Waals surface area (Å²) in [6.07, 6.45) is 4.61. The molecule has 0 saturated heterocycles. The van der Waals surface area contributed by atoms with Gasteiger partial charge in [-0.25, -0.2) is 9.97 Å². The maximum Gasteiger partial charge on any atom is 0.254 e. The quantitative estimate of drug-likeness (QED) is 0.823. The van der Waals surface area contributed by atoms with Crippen molar-refractivity contribution in [3.8, 4) is 0 Å². The minimum Gasteiger partial charge on any atom is -0.365 e. The highest BCUT2D eigenvalue weighted by molar-refractivity contribution is 6.16. The van der Waals surface area contributed by atoms with Crippen molar-refractivity contribution in [2.24, 2.45) is 15.7 Å². The van der Waals surface area contributed by atoms with Crippen LogP contribution in [-0.2, 0) is 0 Å². The molecule has 0 fully saturated rings. The molecule has 0 spiro atoms. The van der Waals surface area contributed by atoms with Crippen LogP contribution in [0.25, 0.3) is 0 Å². The molecule has 0 aliphatic rings. The number of anilines is 2. The fourth-order valence-electron chi connectivity index (χ4n) is 1.73. The standard InChI is InChI=1S/C15H16N6O/c1-10-19-9-13(14(16)22)15(20-10)21-12-5-3-4-11(8-12)18-7-6-17-2/h3-9H,1-2H3,(H2,16,22)(H,19,20,21)/b17-6-,18-7-. The van der Waals surface area contributed by atoms with Gasteiger partial charge in [0.2, 0.25) is 0 Å². The zero-order valence-electron chi connectivity index (χ0n) is 12.3. The topological polar surface area (TPSA) is 106 Å². The molecule has 7 nitrogen and oxygen atoms in total. The van der Waals surface area contributed by atoms with Crippen molar-refractivity contribution in [1.29, 1.82) is 0 Å². The van der Waals surface area contributed by atoms with E-state index in [4.69, 9.17) is 5.73 Å². The Morgan fingerprint density at radius 3 is 2.91 bits per heavy atom. The molecule has 1 aromatic heterocycles. The Bertz CT molecular complexity index is 739. The zero-order chi connectivity index (χ0) is 15.9. The molecule has 2 rings (SSSR count). The predicted molar refractivity (Wildman–Crippen MR) is 87.6 cm³/mol. The van der Waals surface area contributed by atoms with E-state index in [1.165, 1.54) is 6.20 Å². The van der Waals surface area contributed by atoms with Gasteiger partial charge in [-0.3, -0.25) is 14.8 Å². The van der Waals surface area contributed by atoms with Gasteiger partial charge in [0.15, 0.2) is 0 Å². The Labute approximate surface area is 128 Å². The smallest absolute Gasteiger partial charge is 0.254 e. The number of rotatable bonds is 5. The maximum atomic E-state index is 11.4. The van der Waals surface area contributed by atoms with Crippen LogP contribution in [0.1, 0.15) is 16.2 Å². The van der Waals surface area contributed by atoms with Gasteiger partial charge in [-0.15, -0.1) is 0 Å². The van der Waals surface area contributed by atoms with Crippen LogP contribution in [0.15, 0.2) is 40.4 Å². The number of nitrogens with zero attached hydrogens (tertiary/aromatic N) is 4. The molecule has 22 heavy (non-hydrogen) atoms. The van der Waals surface area contributed by atoms with Gasteiger partial charge < -0.3 is 11.1 Å². The van der Waals surface area contributed by atoms with Gasteiger partial charge in [0.05, 0.1) is 5.69 Å². The van der Waals surface area contributed by atoms with Gasteiger partial charge in [-0.1, -0.05) is 6.07 Å². The summed E-state index contributed by atoms with van der Waals surface area (Å²) in [6.45, 7) is 1.74. The second-order valence-electron chi connectivity index (χ2n) is 4.40. The fraction of sp³-hybridized carbons (Fsp3) is 0.133. The number of aromatic nitrogens is 2. The molecule has 0 aliphatic heterocycles. The maximum absolute atomic E-state index is 11.4. The molecule has 112 valence electrons. The molecule has 7 heteroatoms. The number of benzene rings is 1. The minimum atomic E-state index is -0.587. The van der Waals surface area contributed by atoms with Crippen molar-refractivity contribution in [2.75, 3.05) is 12.4 Å². The Kier molecular flexibility index (Phi) is 4.92. The zero-order valence-corrected chi connectivity index (χ0v) is 12.3. The summed E-state index contributed by atoms with van der Waals surface area (Å²) in [5.41, 5.74) is 7.05. The number of hydrogen-bond acceptors (Lipinski definition) is 6. The van der Waals surface area contributed by atoms with Crippen molar-refractivity contribution in [3.05, 3.63) is 41.9 Å². The number of nitrogens with two attached hydrogens (primary N) is 1. The fourth-order valence-corrected chi connectivity index (χ4v) is 1.73. The van der Waals surface area contributed by atoms with Crippen LogP contribution in [0.2, 0.25) is 0 Å². The van der Waals surface area contributed by atoms with Crippen molar-refractivity contribution in [3.63, 3.8) is 0 Å². The summed E-state index contributed by atoms with van der Waals surface area (Å²) >= 11 is 0. The molecule has 0 aliphatic carbocycles. The number of nitrogens with one attached hydrogen (secondary N) is 1. The molecular weight excluding hydrogens is 280 g/mol. The van der Waals surface area contributed by atoms with Gasteiger partial charge in [-0.2, -0.15) is 0 Å². The molecule has 1 amide bonds.